The lowest BCUT2D eigenvalue weighted by molar-refractivity contribution is 0.0789. The molecule has 7 nitrogen and oxygen atoms in total. The largest absolute Gasteiger partial charge is 0.486 e. The van der Waals surface area contributed by atoms with Crippen molar-refractivity contribution < 1.29 is 22.7 Å². The van der Waals surface area contributed by atoms with Crippen molar-refractivity contribution in [3.8, 4) is 11.5 Å². The topological polar surface area (TPSA) is 84.9 Å². The number of anilines is 1. The van der Waals surface area contributed by atoms with Gasteiger partial charge >= 0.3 is 0 Å². The second-order valence-corrected chi connectivity index (χ2v) is 10.6. The molecule has 10 heteroatoms. The number of para-hydroxylation sites is 2. The van der Waals surface area contributed by atoms with Gasteiger partial charge in [-0.1, -0.05) is 47.5 Å². The molecular formula is C24H22Cl2N2O5S. The summed E-state index contributed by atoms with van der Waals surface area (Å²) in [6, 6.07) is 18.7. The molecule has 0 saturated carbocycles. The van der Waals surface area contributed by atoms with E-state index in [9.17, 15) is 13.2 Å². The van der Waals surface area contributed by atoms with Crippen molar-refractivity contribution in [2.75, 3.05) is 23.7 Å². The normalized spacial score (nSPS) is 15.0. The van der Waals surface area contributed by atoms with E-state index in [0.29, 0.717) is 45.0 Å². The molecule has 1 heterocycles. The molecule has 1 atom stereocenters. The highest BCUT2D eigenvalue weighted by Gasteiger charge is 2.22. The van der Waals surface area contributed by atoms with Crippen LogP contribution in [0.3, 0.4) is 0 Å². The highest BCUT2D eigenvalue weighted by Crippen LogP contribution is 2.31. The van der Waals surface area contributed by atoms with Crippen LogP contribution in [0.5, 0.6) is 11.5 Å². The third kappa shape index (κ3) is 5.94. The number of ether oxygens (including phenoxy) is 2. The van der Waals surface area contributed by atoms with E-state index in [-0.39, 0.29) is 25.1 Å². The Hall–Kier alpha value is -2.94. The van der Waals surface area contributed by atoms with Crippen LogP contribution in [0.1, 0.15) is 15.9 Å². The zero-order valence-corrected chi connectivity index (χ0v) is 20.5. The van der Waals surface area contributed by atoms with Gasteiger partial charge < -0.3 is 14.8 Å². The summed E-state index contributed by atoms with van der Waals surface area (Å²) in [7, 11) is -3.61. The predicted molar refractivity (Wildman–Crippen MR) is 133 cm³/mol. The van der Waals surface area contributed by atoms with Gasteiger partial charge in [-0.15, -0.1) is 0 Å². The number of halogens is 2. The summed E-state index contributed by atoms with van der Waals surface area (Å²) in [5, 5.41) is 3.51. The maximum absolute atomic E-state index is 12.6. The van der Waals surface area contributed by atoms with Gasteiger partial charge in [-0.25, -0.2) is 8.42 Å². The van der Waals surface area contributed by atoms with Crippen molar-refractivity contribution in [2.45, 2.75) is 12.6 Å². The Kier molecular flexibility index (Phi) is 7.21. The molecular weight excluding hydrogens is 499 g/mol. The molecule has 34 heavy (non-hydrogen) atoms. The summed E-state index contributed by atoms with van der Waals surface area (Å²) >= 11 is 12.1. The van der Waals surface area contributed by atoms with Crippen LogP contribution >= 0.6 is 23.2 Å². The highest BCUT2D eigenvalue weighted by molar-refractivity contribution is 7.92. The van der Waals surface area contributed by atoms with Crippen LogP contribution in [0, 0.1) is 0 Å². The molecule has 1 amide bonds. The van der Waals surface area contributed by atoms with E-state index in [0.717, 1.165) is 6.26 Å². The SMILES string of the molecule is CS(=O)(=O)N(Cc1ccc(C(=O)NC[C@@H]2COc3ccccc3O2)cc1)c1cc(Cl)cc(Cl)c1. The molecule has 1 aliphatic rings. The number of fused-ring (bicyclic) bond motifs is 1. The van der Waals surface area contributed by atoms with Crippen LogP contribution < -0.4 is 19.1 Å². The van der Waals surface area contributed by atoms with Crippen LogP contribution in [0.25, 0.3) is 0 Å². The summed E-state index contributed by atoms with van der Waals surface area (Å²) in [5.74, 6) is 1.06. The van der Waals surface area contributed by atoms with Crippen molar-refractivity contribution in [2.24, 2.45) is 0 Å². The Morgan fingerprint density at radius 2 is 1.68 bits per heavy atom. The molecule has 178 valence electrons. The maximum atomic E-state index is 12.6. The Morgan fingerprint density at radius 3 is 2.32 bits per heavy atom. The van der Waals surface area contributed by atoms with E-state index in [1.165, 1.54) is 22.5 Å². The maximum Gasteiger partial charge on any atom is 0.251 e. The summed E-state index contributed by atoms with van der Waals surface area (Å²) < 4.78 is 37.5. The fourth-order valence-corrected chi connectivity index (χ4v) is 4.87. The number of amides is 1. The number of nitrogens with one attached hydrogen (secondary N) is 1. The van der Waals surface area contributed by atoms with E-state index in [1.54, 1.807) is 24.3 Å². The first-order valence-corrected chi connectivity index (χ1v) is 13.0. The third-order valence-corrected chi connectivity index (χ3v) is 6.71. The monoisotopic (exact) mass is 520 g/mol. The number of carbonyl (C=O) groups excluding carboxylic acids is 1. The van der Waals surface area contributed by atoms with E-state index >= 15 is 0 Å². The quantitative estimate of drug-likeness (QED) is 0.494. The lowest BCUT2D eigenvalue weighted by atomic mass is 10.1. The van der Waals surface area contributed by atoms with E-state index in [2.05, 4.69) is 5.32 Å². The summed E-state index contributed by atoms with van der Waals surface area (Å²) in [4.78, 5) is 12.6. The fourth-order valence-electron chi connectivity index (χ4n) is 3.48. The van der Waals surface area contributed by atoms with Crippen molar-refractivity contribution in [3.63, 3.8) is 0 Å². The lowest BCUT2D eigenvalue weighted by Crippen LogP contribution is -2.40. The number of rotatable bonds is 7. The minimum atomic E-state index is -3.61. The molecule has 0 aliphatic carbocycles. The van der Waals surface area contributed by atoms with Gasteiger partial charge in [0.1, 0.15) is 12.7 Å². The minimum absolute atomic E-state index is 0.0596. The van der Waals surface area contributed by atoms with E-state index in [4.69, 9.17) is 32.7 Å². The molecule has 0 spiro atoms. The van der Waals surface area contributed by atoms with Crippen LogP contribution in [-0.4, -0.2) is 39.8 Å². The number of nitrogens with zero attached hydrogens (tertiary/aromatic N) is 1. The molecule has 4 rings (SSSR count). The summed E-state index contributed by atoms with van der Waals surface area (Å²) in [6.45, 7) is 0.682. The van der Waals surface area contributed by atoms with Crippen molar-refractivity contribution in [3.05, 3.63) is 87.9 Å². The number of carbonyl (C=O) groups is 1. The highest BCUT2D eigenvalue weighted by atomic mass is 35.5. The van der Waals surface area contributed by atoms with Gasteiger partial charge in [0.2, 0.25) is 10.0 Å². The zero-order valence-electron chi connectivity index (χ0n) is 18.2. The molecule has 0 radical (unpaired) electrons. The van der Waals surface area contributed by atoms with Crippen LogP contribution in [0.4, 0.5) is 5.69 Å². The zero-order chi connectivity index (χ0) is 24.3. The second-order valence-electron chi connectivity index (χ2n) is 7.80. The first kappa shape index (κ1) is 24.2. The van der Waals surface area contributed by atoms with Crippen LogP contribution in [-0.2, 0) is 16.6 Å². The van der Waals surface area contributed by atoms with Gasteiger partial charge in [0.25, 0.3) is 5.91 Å². The first-order valence-electron chi connectivity index (χ1n) is 10.4. The van der Waals surface area contributed by atoms with Crippen molar-refractivity contribution in [1.29, 1.82) is 0 Å². The number of sulfonamides is 1. The van der Waals surface area contributed by atoms with Crippen LogP contribution in [0.2, 0.25) is 10.0 Å². The van der Waals surface area contributed by atoms with Gasteiger partial charge in [0, 0.05) is 15.6 Å². The van der Waals surface area contributed by atoms with Gasteiger partial charge in [-0.2, -0.15) is 0 Å². The Balaban J connectivity index is 1.39. The predicted octanol–water partition coefficient (Wildman–Crippen LogP) is 4.53. The Morgan fingerprint density at radius 1 is 1.03 bits per heavy atom. The average Bonchev–Trinajstić information content (AvgIpc) is 2.80. The van der Waals surface area contributed by atoms with Gasteiger partial charge in [-0.05, 0) is 48.0 Å². The molecule has 1 N–H and O–H groups in total. The number of hydrogen-bond donors (Lipinski definition) is 1. The van der Waals surface area contributed by atoms with E-state index < -0.39 is 10.0 Å². The number of hydrogen-bond acceptors (Lipinski definition) is 5. The first-order chi connectivity index (χ1) is 16.2. The van der Waals surface area contributed by atoms with Gasteiger partial charge in [-0.3, -0.25) is 9.10 Å². The minimum Gasteiger partial charge on any atom is -0.486 e. The van der Waals surface area contributed by atoms with Gasteiger partial charge in [0.05, 0.1) is 25.0 Å². The molecule has 0 saturated heterocycles. The Labute approximate surface area is 208 Å². The van der Waals surface area contributed by atoms with Crippen molar-refractivity contribution in [1.82, 2.24) is 5.32 Å². The second kappa shape index (κ2) is 10.1. The smallest absolute Gasteiger partial charge is 0.251 e. The third-order valence-electron chi connectivity index (χ3n) is 5.14. The standard InChI is InChI=1S/C24H22Cl2N2O5S/c1-34(30,31)28(20-11-18(25)10-19(26)12-20)14-16-6-8-17(9-7-16)24(29)27-13-21-15-32-22-4-2-3-5-23(22)33-21/h2-12,21H,13-15H2,1H3,(H,27,29)/t21-/m1/s1. The summed E-state index contributed by atoms with van der Waals surface area (Å²) in [6.07, 6.45) is 0.810. The Bertz CT molecular complexity index is 1280. The van der Waals surface area contributed by atoms with E-state index in [1.807, 2.05) is 24.3 Å². The molecule has 0 fully saturated rings. The molecule has 0 aromatic heterocycles. The molecule has 0 bridgehead atoms. The van der Waals surface area contributed by atoms with Crippen LogP contribution in [0.15, 0.2) is 66.7 Å². The summed E-state index contributed by atoms with van der Waals surface area (Å²) in [5.41, 5.74) is 1.49. The molecule has 3 aromatic carbocycles. The van der Waals surface area contributed by atoms with Gasteiger partial charge in [0.15, 0.2) is 11.5 Å². The molecule has 3 aromatic rings. The van der Waals surface area contributed by atoms with Crippen molar-refractivity contribution >= 4 is 44.8 Å². The number of benzene rings is 3. The molecule has 0 unspecified atom stereocenters. The fraction of sp³-hybridized carbons (Fsp3) is 0.208. The average molecular weight is 521 g/mol. The molecule has 1 aliphatic heterocycles. The lowest BCUT2D eigenvalue weighted by Gasteiger charge is -2.26.